The second-order valence-corrected chi connectivity index (χ2v) is 4.77. The summed E-state index contributed by atoms with van der Waals surface area (Å²) in [5.74, 6) is 0.788. The normalized spacial score (nSPS) is 10.7. The van der Waals surface area contributed by atoms with Crippen LogP contribution in [-0.2, 0) is 6.54 Å². The molecule has 0 aliphatic carbocycles. The number of hydrogen-bond donors (Lipinski definition) is 1. The lowest BCUT2D eigenvalue weighted by atomic mass is 10.4. The zero-order valence-corrected chi connectivity index (χ0v) is 10.6. The van der Waals surface area contributed by atoms with Gasteiger partial charge < -0.3 is 5.32 Å². The highest BCUT2D eigenvalue weighted by Crippen LogP contribution is 2.13. The van der Waals surface area contributed by atoms with Crippen LogP contribution in [0.1, 0.15) is 10.7 Å². The minimum Gasteiger partial charge on any atom is -0.363 e. The third-order valence-electron chi connectivity index (χ3n) is 2.42. The molecular formula is C12H11N5S. The smallest absolute Gasteiger partial charge is 0.180 e. The molecule has 0 amide bonds. The molecule has 6 heteroatoms. The number of hydrogen-bond acceptors (Lipinski definition) is 6. The van der Waals surface area contributed by atoms with Crippen molar-refractivity contribution >= 4 is 28.3 Å². The first-order valence-electron chi connectivity index (χ1n) is 5.54. The molecule has 5 nitrogen and oxygen atoms in total. The molecular weight excluding hydrogens is 246 g/mol. The summed E-state index contributed by atoms with van der Waals surface area (Å²) >= 11 is 1.64. The Balaban J connectivity index is 1.78. The van der Waals surface area contributed by atoms with E-state index in [4.69, 9.17) is 0 Å². The maximum absolute atomic E-state index is 4.39. The van der Waals surface area contributed by atoms with Crippen molar-refractivity contribution in [1.82, 2.24) is 19.9 Å². The number of nitrogens with zero attached hydrogens (tertiary/aromatic N) is 4. The van der Waals surface area contributed by atoms with Crippen molar-refractivity contribution < 1.29 is 0 Å². The maximum atomic E-state index is 4.39. The molecule has 1 N–H and O–H groups in total. The van der Waals surface area contributed by atoms with Crippen LogP contribution < -0.4 is 5.32 Å². The Morgan fingerprint density at radius 1 is 1.17 bits per heavy atom. The van der Waals surface area contributed by atoms with E-state index in [0.717, 1.165) is 22.0 Å². The number of rotatable bonds is 3. The number of fused-ring (bicyclic) bond motifs is 1. The number of nitrogens with one attached hydrogen (secondary N) is 1. The van der Waals surface area contributed by atoms with Crippen LogP contribution in [0, 0.1) is 6.92 Å². The zero-order chi connectivity index (χ0) is 12.4. The molecule has 0 aliphatic rings. The first-order valence-corrected chi connectivity index (χ1v) is 6.42. The van der Waals surface area contributed by atoms with Crippen LogP contribution in [0.15, 0.2) is 29.9 Å². The van der Waals surface area contributed by atoms with Crippen LogP contribution in [0.4, 0.5) is 5.82 Å². The molecule has 0 fully saturated rings. The van der Waals surface area contributed by atoms with E-state index in [1.807, 2.05) is 24.4 Å². The van der Waals surface area contributed by atoms with Crippen LogP contribution in [0.2, 0.25) is 0 Å². The van der Waals surface area contributed by atoms with Crippen molar-refractivity contribution in [2.75, 3.05) is 5.32 Å². The van der Waals surface area contributed by atoms with Crippen LogP contribution in [0.25, 0.3) is 11.2 Å². The van der Waals surface area contributed by atoms with Gasteiger partial charge in [0.25, 0.3) is 0 Å². The fourth-order valence-corrected chi connectivity index (χ4v) is 2.31. The van der Waals surface area contributed by atoms with Crippen molar-refractivity contribution in [2.45, 2.75) is 13.5 Å². The summed E-state index contributed by atoms with van der Waals surface area (Å²) in [6, 6.07) is 3.81. The minimum absolute atomic E-state index is 0.651. The van der Waals surface area contributed by atoms with Gasteiger partial charge in [-0.05, 0) is 19.1 Å². The highest BCUT2D eigenvalue weighted by Gasteiger charge is 2.01. The monoisotopic (exact) mass is 257 g/mol. The maximum Gasteiger partial charge on any atom is 0.180 e. The lowest BCUT2D eigenvalue weighted by molar-refractivity contribution is 1.06. The Hall–Kier alpha value is -2.08. The molecule has 0 atom stereocenters. The predicted octanol–water partition coefficient (Wildman–Crippen LogP) is 2.40. The largest absolute Gasteiger partial charge is 0.363 e. The third-order valence-corrected chi connectivity index (χ3v) is 3.39. The highest BCUT2D eigenvalue weighted by molar-refractivity contribution is 7.09. The molecule has 0 unspecified atom stereocenters. The van der Waals surface area contributed by atoms with Gasteiger partial charge in [-0.3, -0.25) is 4.98 Å². The Labute approximate surface area is 108 Å². The molecule has 0 radical (unpaired) electrons. The summed E-state index contributed by atoms with van der Waals surface area (Å²) < 4.78 is 0. The van der Waals surface area contributed by atoms with Gasteiger partial charge in [-0.1, -0.05) is 0 Å². The second kappa shape index (κ2) is 4.66. The number of anilines is 1. The summed E-state index contributed by atoms with van der Waals surface area (Å²) in [6.45, 7) is 2.67. The molecule has 0 saturated carbocycles. The molecule has 0 bridgehead atoms. The zero-order valence-electron chi connectivity index (χ0n) is 9.79. The fourth-order valence-electron chi connectivity index (χ4n) is 1.60. The lowest BCUT2D eigenvalue weighted by Gasteiger charge is -2.03. The van der Waals surface area contributed by atoms with E-state index in [2.05, 4.69) is 25.3 Å². The van der Waals surface area contributed by atoms with Gasteiger partial charge in [-0.2, -0.15) is 0 Å². The highest BCUT2D eigenvalue weighted by atomic mass is 32.1. The van der Waals surface area contributed by atoms with Gasteiger partial charge in [0.15, 0.2) is 5.65 Å². The molecule has 0 aromatic carbocycles. The van der Waals surface area contributed by atoms with Gasteiger partial charge in [0.05, 0.1) is 6.54 Å². The molecule has 90 valence electrons. The summed E-state index contributed by atoms with van der Waals surface area (Å²) in [6.07, 6.45) is 3.30. The van der Waals surface area contributed by atoms with Crippen molar-refractivity contribution in [3.63, 3.8) is 0 Å². The average Bonchev–Trinajstić information content (AvgIpc) is 2.82. The molecule has 0 aliphatic heterocycles. The van der Waals surface area contributed by atoms with Gasteiger partial charge in [0.2, 0.25) is 0 Å². The standard InChI is InChI=1S/C12H11N5S/c1-8-7-18-11(16-8)6-15-10-3-2-9-12(17-10)14-5-4-13-9/h2-5,7H,6H2,1H3,(H,14,15,17). The Kier molecular flexibility index (Phi) is 2.85. The quantitative estimate of drug-likeness (QED) is 0.780. The van der Waals surface area contributed by atoms with E-state index in [-0.39, 0.29) is 0 Å². The first-order chi connectivity index (χ1) is 8.81. The Bertz CT molecular complexity index is 679. The van der Waals surface area contributed by atoms with E-state index < -0.39 is 0 Å². The number of aryl methyl sites for hydroxylation is 1. The number of aromatic nitrogens is 4. The van der Waals surface area contributed by atoms with Crippen molar-refractivity contribution in [3.8, 4) is 0 Å². The second-order valence-electron chi connectivity index (χ2n) is 3.83. The van der Waals surface area contributed by atoms with Crippen LogP contribution in [0.5, 0.6) is 0 Å². The van der Waals surface area contributed by atoms with Crippen molar-refractivity contribution in [3.05, 3.63) is 40.6 Å². The topological polar surface area (TPSA) is 63.6 Å². The van der Waals surface area contributed by atoms with Gasteiger partial charge in [-0.25, -0.2) is 15.0 Å². The number of thiazole rings is 1. The molecule has 3 heterocycles. The molecule has 3 rings (SSSR count). The van der Waals surface area contributed by atoms with Crippen molar-refractivity contribution in [2.24, 2.45) is 0 Å². The predicted molar refractivity (Wildman–Crippen MR) is 71.5 cm³/mol. The molecule has 0 spiro atoms. The summed E-state index contributed by atoms with van der Waals surface area (Å²) in [5, 5.41) is 6.32. The summed E-state index contributed by atoms with van der Waals surface area (Å²) in [4.78, 5) is 17.1. The average molecular weight is 257 g/mol. The van der Waals surface area contributed by atoms with Crippen LogP contribution >= 0.6 is 11.3 Å². The fraction of sp³-hybridized carbons (Fsp3) is 0.167. The molecule has 0 saturated heterocycles. The van der Waals surface area contributed by atoms with E-state index in [9.17, 15) is 0 Å². The van der Waals surface area contributed by atoms with Crippen molar-refractivity contribution in [1.29, 1.82) is 0 Å². The molecule has 3 aromatic heterocycles. The Morgan fingerprint density at radius 2 is 2.06 bits per heavy atom. The Morgan fingerprint density at radius 3 is 2.89 bits per heavy atom. The minimum atomic E-state index is 0.651. The molecule has 18 heavy (non-hydrogen) atoms. The molecule has 3 aromatic rings. The summed E-state index contributed by atoms with van der Waals surface area (Å²) in [7, 11) is 0. The number of pyridine rings is 1. The van der Waals surface area contributed by atoms with Gasteiger partial charge in [0.1, 0.15) is 16.3 Å². The van der Waals surface area contributed by atoms with Gasteiger partial charge >= 0.3 is 0 Å². The van der Waals surface area contributed by atoms with E-state index in [0.29, 0.717) is 12.2 Å². The van der Waals surface area contributed by atoms with Crippen LogP contribution in [-0.4, -0.2) is 19.9 Å². The van der Waals surface area contributed by atoms with E-state index in [1.54, 1.807) is 23.7 Å². The van der Waals surface area contributed by atoms with E-state index in [1.165, 1.54) is 0 Å². The summed E-state index contributed by atoms with van der Waals surface area (Å²) in [5.41, 5.74) is 2.50. The third kappa shape index (κ3) is 2.28. The van der Waals surface area contributed by atoms with Gasteiger partial charge in [-0.15, -0.1) is 11.3 Å². The van der Waals surface area contributed by atoms with Crippen LogP contribution in [0.3, 0.4) is 0 Å². The van der Waals surface area contributed by atoms with Gasteiger partial charge in [0, 0.05) is 23.5 Å². The lowest BCUT2D eigenvalue weighted by Crippen LogP contribution is -2.01. The first kappa shape index (κ1) is 11.0. The van der Waals surface area contributed by atoms with E-state index >= 15 is 0 Å². The SMILES string of the molecule is Cc1csc(CNc2ccc3nccnc3n2)n1.